The van der Waals surface area contributed by atoms with E-state index >= 15 is 0 Å². The molecule has 0 aliphatic heterocycles. The quantitative estimate of drug-likeness (QED) is 0.693. The van der Waals surface area contributed by atoms with Crippen LogP contribution in [0.5, 0.6) is 0 Å². The van der Waals surface area contributed by atoms with Crippen LogP contribution in [0.2, 0.25) is 0 Å². The van der Waals surface area contributed by atoms with Gasteiger partial charge in [-0.1, -0.05) is 60.7 Å². The van der Waals surface area contributed by atoms with E-state index in [4.69, 9.17) is 0 Å². The van der Waals surface area contributed by atoms with Crippen LogP contribution in [0.3, 0.4) is 0 Å². The predicted molar refractivity (Wildman–Crippen MR) is 97.2 cm³/mol. The highest BCUT2D eigenvalue weighted by Gasteiger charge is 2.08. The maximum absolute atomic E-state index is 12.6. The minimum Gasteiger partial charge on any atom is -0.295 e. The van der Waals surface area contributed by atoms with E-state index in [-0.39, 0.29) is 5.56 Å². The van der Waals surface area contributed by atoms with E-state index in [1.54, 1.807) is 10.9 Å². The second-order valence-electron chi connectivity index (χ2n) is 6.07. The molecule has 3 rings (SSSR count). The van der Waals surface area contributed by atoms with Crippen LogP contribution in [0.25, 0.3) is 0 Å². The van der Waals surface area contributed by atoms with Gasteiger partial charge in [-0.2, -0.15) is 0 Å². The van der Waals surface area contributed by atoms with Gasteiger partial charge < -0.3 is 0 Å². The summed E-state index contributed by atoms with van der Waals surface area (Å²) in [5.74, 6) is 0. The highest BCUT2D eigenvalue weighted by molar-refractivity contribution is 5.19. The number of nitrogens with zero attached hydrogens (tertiary/aromatic N) is 2. The molecule has 0 unspecified atom stereocenters. The van der Waals surface area contributed by atoms with Crippen molar-refractivity contribution in [2.24, 2.45) is 0 Å². The normalized spacial score (nSPS) is 10.7. The van der Waals surface area contributed by atoms with Gasteiger partial charge in [0.05, 0.1) is 18.6 Å². The molecule has 3 aromatic rings. The van der Waals surface area contributed by atoms with Crippen LogP contribution < -0.4 is 5.56 Å². The minimum atomic E-state index is 0.0589. The summed E-state index contributed by atoms with van der Waals surface area (Å²) < 4.78 is 1.69. The molecule has 0 saturated heterocycles. The van der Waals surface area contributed by atoms with E-state index in [2.05, 4.69) is 29.2 Å². The lowest BCUT2D eigenvalue weighted by Crippen LogP contribution is -2.25. The molecule has 3 heteroatoms. The maximum atomic E-state index is 12.6. The van der Waals surface area contributed by atoms with E-state index < -0.39 is 0 Å². The Labute approximate surface area is 142 Å². The van der Waals surface area contributed by atoms with Gasteiger partial charge >= 0.3 is 0 Å². The molecular formula is C21H22N2O. The average molecular weight is 318 g/mol. The number of hydrogen-bond acceptors (Lipinski definition) is 2. The molecule has 1 aromatic heterocycles. The molecule has 0 amide bonds. The molecule has 0 atom stereocenters. The van der Waals surface area contributed by atoms with E-state index in [0.717, 1.165) is 36.1 Å². The molecular weight excluding hydrogens is 296 g/mol. The molecule has 0 fully saturated rings. The van der Waals surface area contributed by atoms with Gasteiger partial charge in [0.25, 0.3) is 5.56 Å². The Bertz CT molecular complexity index is 839. The maximum Gasteiger partial charge on any atom is 0.256 e. The number of benzene rings is 2. The summed E-state index contributed by atoms with van der Waals surface area (Å²) in [4.78, 5) is 17.1. The third-order valence-corrected chi connectivity index (χ3v) is 4.29. The summed E-state index contributed by atoms with van der Waals surface area (Å²) in [7, 11) is 0. The fourth-order valence-electron chi connectivity index (χ4n) is 2.88. The van der Waals surface area contributed by atoms with Crippen LogP contribution in [0, 0.1) is 6.92 Å². The summed E-state index contributed by atoms with van der Waals surface area (Å²) >= 11 is 0. The second kappa shape index (κ2) is 7.73. The van der Waals surface area contributed by atoms with Gasteiger partial charge in [-0.15, -0.1) is 0 Å². The van der Waals surface area contributed by atoms with Crippen molar-refractivity contribution < 1.29 is 0 Å². The van der Waals surface area contributed by atoms with Gasteiger partial charge in [-0.25, -0.2) is 4.98 Å². The molecule has 1 heterocycles. The molecule has 0 aliphatic rings. The highest BCUT2D eigenvalue weighted by atomic mass is 16.1. The van der Waals surface area contributed by atoms with Crippen LogP contribution in [0.1, 0.15) is 28.8 Å². The second-order valence-corrected chi connectivity index (χ2v) is 6.07. The molecule has 24 heavy (non-hydrogen) atoms. The number of aromatic nitrogens is 2. The summed E-state index contributed by atoms with van der Waals surface area (Å²) in [5.41, 5.74) is 4.18. The number of aryl methyl sites for hydroxylation is 2. The van der Waals surface area contributed by atoms with Gasteiger partial charge in [-0.3, -0.25) is 9.36 Å². The van der Waals surface area contributed by atoms with E-state index in [1.807, 2.05) is 43.3 Å². The van der Waals surface area contributed by atoms with E-state index in [1.165, 1.54) is 5.56 Å². The van der Waals surface area contributed by atoms with Gasteiger partial charge in [0.2, 0.25) is 0 Å². The van der Waals surface area contributed by atoms with Crippen molar-refractivity contribution in [2.45, 2.75) is 32.7 Å². The molecule has 0 saturated carbocycles. The smallest absolute Gasteiger partial charge is 0.256 e. The molecule has 0 radical (unpaired) electrons. The fraction of sp³-hybridized carbons (Fsp3) is 0.238. The van der Waals surface area contributed by atoms with Gasteiger partial charge in [0.1, 0.15) is 0 Å². The van der Waals surface area contributed by atoms with Crippen molar-refractivity contribution in [3.8, 4) is 0 Å². The van der Waals surface area contributed by atoms with Crippen LogP contribution >= 0.6 is 0 Å². The molecule has 0 aliphatic carbocycles. The van der Waals surface area contributed by atoms with Crippen molar-refractivity contribution in [3.05, 3.63) is 99.7 Å². The Hall–Kier alpha value is -2.68. The topological polar surface area (TPSA) is 34.9 Å². The van der Waals surface area contributed by atoms with E-state index in [9.17, 15) is 4.79 Å². The fourth-order valence-corrected chi connectivity index (χ4v) is 2.88. The van der Waals surface area contributed by atoms with Gasteiger partial charge in [-0.05, 0) is 37.3 Å². The summed E-state index contributed by atoms with van der Waals surface area (Å²) in [6, 6.07) is 20.4. The Morgan fingerprint density at radius 2 is 1.50 bits per heavy atom. The Kier molecular flexibility index (Phi) is 5.22. The van der Waals surface area contributed by atoms with Gasteiger partial charge in [0, 0.05) is 5.56 Å². The van der Waals surface area contributed by atoms with Crippen molar-refractivity contribution in [1.82, 2.24) is 9.55 Å². The molecule has 0 N–H and O–H groups in total. The molecule has 0 bridgehead atoms. The third-order valence-electron chi connectivity index (χ3n) is 4.29. The number of hydrogen-bond donors (Lipinski definition) is 0. The molecule has 2 aromatic carbocycles. The zero-order chi connectivity index (χ0) is 16.8. The Balaban J connectivity index is 1.67. The zero-order valence-corrected chi connectivity index (χ0v) is 14.0. The van der Waals surface area contributed by atoms with Crippen LogP contribution in [-0.2, 0) is 19.4 Å². The predicted octanol–water partition coefficient (Wildman–Crippen LogP) is 3.78. The van der Waals surface area contributed by atoms with E-state index in [0.29, 0.717) is 6.54 Å². The highest BCUT2D eigenvalue weighted by Crippen LogP contribution is 2.08. The van der Waals surface area contributed by atoms with Crippen molar-refractivity contribution in [3.63, 3.8) is 0 Å². The first kappa shape index (κ1) is 16.2. The van der Waals surface area contributed by atoms with Crippen LogP contribution in [0.4, 0.5) is 0 Å². The Morgan fingerprint density at radius 1 is 0.875 bits per heavy atom. The third kappa shape index (κ3) is 3.99. The van der Waals surface area contributed by atoms with Crippen molar-refractivity contribution in [1.29, 1.82) is 0 Å². The zero-order valence-electron chi connectivity index (χ0n) is 14.0. The monoisotopic (exact) mass is 318 g/mol. The largest absolute Gasteiger partial charge is 0.295 e. The molecule has 3 nitrogen and oxygen atoms in total. The summed E-state index contributed by atoms with van der Waals surface area (Å²) in [6.07, 6.45) is 4.53. The van der Waals surface area contributed by atoms with Crippen LogP contribution in [0.15, 0.2) is 71.8 Å². The van der Waals surface area contributed by atoms with Crippen molar-refractivity contribution in [2.75, 3.05) is 0 Å². The molecule has 0 spiro atoms. The Morgan fingerprint density at radius 3 is 2.17 bits per heavy atom. The summed E-state index contributed by atoms with van der Waals surface area (Å²) in [6.45, 7) is 2.45. The first-order valence-corrected chi connectivity index (χ1v) is 8.37. The lowest BCUT2D eigenvalue weighted by molar-refractivity contribution is 0.700. The summed E-state index contributed by atoms with van der Waals surface area (Å²) in [5, 5.41) is 0. The van der Waals surface area contributed by atoms with Crippen molar-refractivity contribution >= 4 is 0 Å². The average Bonchev–Trinajstić information content (AvgIpc) is 2.63. The number of rotatable bonds is 6. The lowest BCUT2D eigenvalue weighted by atomic mass is 10.1. The first-order chi connectivity index (χ1) is 11.7. The lowest BCUT2D eigenvalue weighted by Gasteiger charge is -2.10. The SMILES string of the molecule is Cc1c(CCCc2ccccc2)ncn(Cc2ccccc2)c1=O. The minimum absolute atomic E-state index is 0.0589. The molecule has 122 valence electrons. The first-order valence-electron chi connectivity index (χ1n) is 8.37. The van der Waals surface area contributed by atoms with Gasteiger partial charge in [0.15, 0.2) is 0 Å². The van der Waals surface area contributed by atoms with Crippen LogP contribution in [-0.4, -0.2) is 9.55 Å². The standard InChI is InChI=1S/C21H22N2O/c1-17-20(14-8-13-18-9-4-2-5-10-18)22-16-23(21(17)24)15-19-11-6-3-7-12-19/h2-7,9-12,16H,8,13-15H2,1H3.